The highest BCUT2D eigenvalue weighted by Gasteiger charge is 2.06. The highest BCUT2D eigenvalue weighted by molar-refractivity contribution is 5.56. The van der Waals surface area contributed by atoms with Crippen LogP contribution >= 0.6 is 0 Å². The van der Waals surface area contributed by atoms with E-state index in [0.717, 1.165) is 60.3 Å². The van der Waals surface area contributed by atoms with Crippen LogP contribution in [0.2, 0.25) is 0 Å². The summed E-state index contributed by atoms with van der Waals surface area (Å²) in [5.41, 5.74) is 4.98. The van der Waals surface area contributed by atoms with Crippen LogP contribution in [0.5, 0.6) is 11.5 Å². The summed E-state index contributed by atoms with van der Waals surface area (Å²) in [6.45, 7) is 10.6. The van der Waals surface area contributed by atoms with Gasteiger partial charge in [0.25, 0.3) is 0 Å². The average molecular weight is 1030 g/mol. The van der Waals surface area contributed by atoms with Crippen molar-refractivity contribution in [2.24, 2.45) is 0 Å². The Labute approximate surface area is 463 Å². The molecule has 2 aromatic heterocycles. The van der Waals surface area contributed by atoms with Crippen molar-refractivity contribution < 1.29 is 9.47 Å². The molecule has 0 saturated carbocycles. The summed E-state index contributed by atoms with van der Waals surface area (Å²) >= 11 is 0. The maximum Gasteiger partial charge on any atom is 0.159 e. The lowest BCUT2D eigenvalue weighted by molar-refractivity contribution is 0.302. The van der Waals surface area contributed by atoms with Crippen LogP contribution < -0.4 is 9.47 Å². The van der Waals surface area contributed by atoms with Crippen molar-refractivity contribution in [3.8, 4) is 34.3 Å². The quantitative estimate of drug-likeness (QED) is 0.0411. The molecule has 2 heterocycles. The smallest absolute Gasteiger partial charge is 0.159 e. The second-order valence-electron chi connectivity index (χ2n) is 22.2. The van der Waals surface area contributed by atoms with Gasteiger partial charge in [-0.15, -0.1) is 0 Å². The minimum Gasteiger partial charge on any atom is -0.490 e. The molecule has 6 nitrogen and oxygen atoms in total. The molecule has 0 spiro atoms. The van der Waals surface area contributed by atoms with Gasteiger partial charge in [0.05, 0.1) is 38.0 Å². The van der Waals surface area contributed by atoms with Gasteiger partial charge in [0.2, 0.25) is 0 Å². The molecule has 0 saturated heterocycles. The van der Waals surface area contributed by atoms with Crippen LogP contribution in [0.15, 0.2) is 73.3 Å². The van der Waals surface area contributed by atoms with Crippen molar-refractivity contribution in [2.75, 3.05) is 13.2 Å². The number of rotatable bonds is 49. The van der Waals surface area contributed by atoms with Crippen molar-refractivity contribution in [1.82, 2.24) is 19.9 Å². The van der Waals surface area contributed by atoms with E-state index >= 15 is 0 Å². The number of hydrogen-bond acceptors (Lipinski definition) is 6. The lowest BCUT2D eigenvalue weighted by atomic mass is 10.0. The molecule has 0 aliphatic rings. The molecule has 0 amide bonds. The zero-order chi connectivity index (χ0) is 53.2. The highest BCUT2D eigenvalue weighted by atomic mass is 16.5. The molecular formula is C69H114N4O2. The van der Waals surface area contributed by atoms with Crippen molar-refractivity contribution in [2.45, 2.75) is 304 Å². The molecule has 75 heavy (non-hydrogen) atoms. The standard InChI is InChI=1S/C35H58N2O.C34H56N2O/c1-3-5-7-9-11-13-14-15-16-17-19-21-23-29-38-34-30-36-35(37-31-34)33-27-25-32(26-28-33)24-22-20-18-12-10-8-6-4-2;1-3-5-7-9-11-12-13-14-15-16-18-20-22-28-37-33-29-35-34(36-30-33)32-26-24-31(25-27-32)23-21-19-17-10-8-6-4-2/h25-28,30-31H,3-24,29H2,1-2H3;24-27,29-30H,3-23,28H2,1-2H3. The summed E-state index contributed by atoms with van der Waals surface area (Å²) in [7, 11) is 0. The number of nitrogens with zero attached hydrogens (tertiary/aromatic N) is 4. The van der Waals surface area contributed by atoms with Crippen molar-refractivity contribution in [3.05, 3.63) is 84.4 Å². The van der Waals surface area contributed by atoms with Gasteiger partial charge in [-0.25, -0.2) is 19.9 Å². The Morgan fingerprint density at radius 3 is 0.707 bits per heavy atom. The summed E-state index contributed by atoms with van der Waals surface area (Å²) in [6.07, 6.45) is 65.6. The maximum absolute atomic E-state index is 5.88. The third kappa shape index (κ3) is 36.0. The van der Waals surface area contributed by atoms with Crippen LogP contribution in [0.4, 0.5) is 0 Å². The van der Waals surface area contributed by atoms with Crippen LogP contribution in [0, 0.1) is 0 Å². The van der Waals surface area contributed by atoms with Gasteiger partial charge in [0.1, 0.15) is 0 Å². The fourth-order valence-electron chi connectivity index (χ4n) is 10.1. The van der Waals surface area contributed by atoms with E-state index in [1.807, 2.05) is 24.8 Å². The molecular weight excluding hydrogens is 917 g/mol. The predicted octanol–water partition coefficient (Wildman–Crippen LogP) is 22.2. The van der Waals surface area contributed by atoms with E-state index in [1.165, 1.54) is 274 Å². The lowest BCUT2D eigenvalue weighted by Gasteiger charge is -2.07. The van der Waals surface area contributed by atoms with E-state index in [4.69, 9.17) is 9.47 Å². The highest BCUT2D eigenvalue weighted by Crippen LogP contribution is 2.22. The van der Waals surface area contributed by atoms with Gasteiger partial charge in [-0.2, -0.15) is 0 Å². The van der Waals surface area contributed by atoms with Gasteiger partial charge in [-0.3, -0.25) is 0 Å². The van der Waals surface area contributed by atoms with E-state index in [-0.39, 0.29) is 0 Å². The first kappa shape index (κ1) is 65.5. The third-order valence-electron chi connectivity index (χ3n) is 15.1. The molecule has 422 valence electrons. The Morgan fingerprint density at radius 1 is 0.253 bits per heavy atom. The minimum absolute atomic E-state index is 0.758. The second-order valence-corrected chi connectivity index (χ2v) is 22.2. The SMILES string of the molecule is CCCCCCCCCCCCCCCOc1cnc(-c2ccc(CCCCCCCCC)cc2)nc1.CCCCCCCCCCCCCCCOc1cnc(-c2ccc(CCCCCCCCCC)cc2)nc1. The van der Waals surface area contributed by atoms with Gasteiger partial charge in [-0.05, 0) is 49.7 Å². The third-order valence-corrected chi connectivity index (χ3v) is 15.1. The Hall–Kier alpha value is -3.80. The maximum atomic E-state index is 5.88. The van der Waals surface area contributed by atoms with E-state index in [9.17, 15) is 0 Å². The summed E-state index contributed by atoms with van der Waals surface area (Å²) in [6, 6.07) is 17.6. The van der Waals surface area contributed by atoms with Crippen LogP contribution in [-0.4, -0.2) is 33.1 Å². The Bertz CT molecular complexity index is 1800. The van der Waals surface area contributed by atoms with E-state index in [1.54, 1.807) is 0 Å². The summed E-state index contributed by atoms with van der Waals surface area (Å²) in [5.74, 6) is 3.10. The number of unbranched alkanes of at least 4 members (excludes halogenated alkanes) is 37. The van der Waals surface area contributed by atoms with Crippen LogP contribution in [0.3, 0.4) is 0 Å². The molecule has 0 aliphatic heterocycles. The lowest BCUT2D eigenvalue weighted by Crippen LogP contribution is -1.99. The fourth-order valence-corrected chi connectivity index (χ4v) is 10.1. The van der Waals surface area contributed by atoms with Crippen LogP contribution in [-0.2, 0) is 12.8 Å². The number of ether oxygens (including phenoxy) is 2. The van der Waals surface area contributed by atoms with E-state index in [2.05, 4.69) is 96.2 Å². The molecule has 2 aromatic carbocycles. The Balaban J connectivity index is 0.000000395. The predicted molar refractivity (Wildman–Crippen MR) is 325 cm³/mol. The Kier molecular flexibility index (Phi) is 42.4. The number of benzene rings is 2. The monoisotopic (exact) mass is 1030 g/mol. The zero-order valence-corrected chi connectivity index (χ0v) is 49.4. The summed E-state index contributed by atoms with van der Waals surface area (Å²) < 4.78 is 11.8. The second kappa shape index (κ2) is 48.6. The molecule has 0 fully saturated rings. The van der Waals surface area contributed by atoms with Gasteiger partial charge in [0.15, 0.2) is 23.1 Å². The van der Waals surface area contributed by atoms with Gasteiger partial charge in [0, 0.05) is 11.1 Å². The normalized spacial score (nSPS) is 11.2. The summed E-state index contributed by atoms with van der Waals surface area (Å²) in [5, 5.41) is 0. The van der Waals surface area contributed by atoms with Crippen molar-refractivity contribution in [1.29, 1.82) is 0 Å². The van der Waals surface area contributed by atoms with E-state index in [0.29, 0.717) is 0 Å². The molecule has 4 rings (SSSR count). The number of aromatic nitrogens is 4. The largest absolute Gasteiger partial charge is 0.490 e. The van der Waals surface area contributed by atoms with Crippen molar-refractivity contribution >= 4 is 0 Å². The van der Waals surface area contributed by atoms with Gasteiger partial charge in [-0.1, -0.05) is 314 Å². The van der Waals surface area contributed by atoms with Gasteiger partial charge >= 0.3 is 0 Å². The van der Waals surface area contributed by atoms with Crippen LogP contribution in [0.25, 0.3) is 22.8 Å². The minimum atomic E-state index is 0.758. The average Bonchev–Trinajstić information content (AvgIpc) is 3.44. The number of hydrogen-bond donors (Lipinski definition) is 0. The van der Waals surface area contributed by atoms with E-state index < -0.39 is 0 Å². The Morgan fingerprint density at radius 2 is 0.467 bits per heavy atom. The molecule has 0 aliphatic carbocycles. The molecule has 0 unspecified atom stereocenters. The van der Waals surface area contributed by atoms with Gasteiger partial charge < -0.3 is 9.47 Å². The van der Waals surface area contributed by atoms with Crippen LogP contribution in [0.1, 0.15) is 302 Å². The number of aryl methyl sites for hydroxylation is 2. The zero-order valence-electron chi connectivity index (χ0n) is 49.4. The molecule has 0 radical (unpaired) electrons. The van der Waals surface area contributed by atoms with Crippen molar-refractivity contribution in [3.63, 3.8) is 0 Å². The molecule has 0 atom stereocenters. The molecule has 0 N–H and O–H groups in total. The first-order chi connectivity index (χ1) is 37.2. The molecule has 4 aromatic rings. The first-order valence-electron chi connectivity index (χ1n) is 32.2. The first-order valence-corrected chi connectivity index (χ1v) is 32.2. The summed E-state index contributed by atoms with van der Waals surface area (Å²) in [4.78, 5) is 18.2. The molecule has 6 heteroatoms. The molecule has 0 bridgehead atoms. The topological polar surface area (TPSA) is 70.0 Å². The fraction of sp³-hybridized carbons (Fsp3) is 0.710.